The molecular weight excluding hydrogens is 240 g/mol. The minimum atomic E-state index is -0.766. The molecule has 1 aliphatic rings. The number of carbonyl (C=O) groups is 1. The van der Waals surface area contributed by atoms with Crippen molar-refractivity contribution in [3.63, 3.8) is 0 Å². The van der Waals surface area contributed by atoms with Gasteiger partial charge in [0.25, 0.3) is 5.91 Å². The normalized spacial score (nSPS) is 23.8. The number of rotatable bonds is 1. The first-order valence-electron chi connectivity index (χ1n) is 6.65. The van der Waals surface area contributed by atoms with Crippen LogP contribution in [0, 0.1) is 0 Å². The summed E-state index contributed by atoms with van der Waals surface area (Å²) in [4.78, 5) is 17.5. The fraction of sp³-hybridized carbons (Fsp3) is 0.400. The van der Waals surface area contributed by atoms with Crippen molar-refractivity contribution in [1.82, 2.24) is 9.88 Å². The van der Waals surface area contributed by atoms with Crippen molar-refractivity contribution in [1.29, 1.82) is 0 Å². The van der Waals surface area contributed by atoms with E-state index in [0.717, 1.165) is 23.7 Å². The molecule has 100 valence electrons. The Hall–Kier alpha value is -1.81. The number of likely N-dealkylation sites (tertiary alicyclic amines) is 1. The fourth-order valence-corrected chi connectivity index (χ4v) is 2.83. The highest BCUT2D eigenvalue weighted by Gasteiger charge is 2.31. The van der Waals surface area contributed by atoms with E-state index in [1.807, 2.05) is 30.5 Å². The molecule has 2 aromatic rings. The van der Waals surface area contributed by atoms with Gasteiger partial charge in [0.1, 0.15) is 0 Å². The molecule has 0 radical (unpaired) electrons. The molecule has 0 spiro atoms. The second kappa shape index (κ2) is 4.38. The number of β-amino-alcohol motifs (C(OH)–C–C–N with tert-alkyl or cyclic N) is 1. The number of amides is 1. The van der Waals surface area contributed by atoms with E-state index in [2.05, 4.69) is 4.98 Å². The molecule has 0 saturated carbocycles. The summed E-state index contributed by atoms with van der Waals surface area (Å²) in [7, 11) is 0. The Morgan fingerprint density at radius 2 is 2.26 bits per heavy atom. The average Bonchev–Trinajstić information content (AvgIpc) is 2.84. The van der Waals surface area contributed by atoms with Crippen molar-refractivity contribution >= 4 is 16.8 Å². The number of H-pyrrole nitrogens is 1. The third-order valence-corrected chi connectivity index (χ3v) is 3.78. The molecule has 0 aliphatic carbocycles. The van der Waals surface area contributed by atoms with E-state index in [4.69, 9.17) is 0 Å². The van der Waals surface area contributed by atoms with Gasteiger partial charge in [0.15, 0.2) is 0 Å². The molecule has 1 aromatic carbocycles. The number of hydrogen-bond acceptors (Lipinski definition) is 2. The zero-order valence-electron chi connectivity index (χ0n) is 11.0. The molecule has 2 heterocycles. The van der Waals surface area contributed by atoms with Crippen molar-refractivity contribution in [3.05, 3.63) is 36.0 Å². The smallest absolute Gasteiger partial charge is 0.256 e. The molecule has 3 rings (SSSR count). The van der Waals surface area contributed by atoms with E-state index in [-0.39, 0.29) is 5.91 Å². The Morgan fingerprint density at radius 3 is 3.05 bits per heavy atom. The van der Waals surface area contributed by atoms with Gasteiger partial charge in [0.05, 0.1) is 16.7 Å². The van der Waals surface area contributed by atoms with Gasteiger partial charge < -0.3 is 15.0 Å². The van der Waals surface area contributed by atoms with Crippen LogP contribution in [0.25, 0.3) is 10.9 Å². The van der Waals surface area contributed by atoms with Gasteiger partial charge in [0.2, 0.25) is 0 Å². The van der Waals surface area contributed by atoms with Crippen LogP contribution in [0.1, 0.15) is 30.1 Å². The van der Waals surface area contributed by atoms with Crippen molar-refractivity contribution < 1.29 is 9.90 Å². The SMILES string of the molecule is CC1(O)CCCN(C(=O)c2cccc3cc[nH]c23)C1. The molecule has 1 unspecified atom stereocenters. The number of hydrogen-bond donors (Lipinski definition) is 2. The van der Waals surface area contributed by atoms with Crippen molar-refractivity contribution in [2.45, 2.75) is 25.4 Å². The van der Waals surface area contributed by atoms with Crippen LogP contribution in [0.4, 0.5) is 0 Å². The number of nitrogens with zero attached hydrogens (tertiary/aromatic N) is 1. The maximum Gasteiger partial charge on any atom is 0.256 e. The van der Waals surface area contributed by atoms with Crippen LogP contribution in [0.15, 0.2) is 30.5 Å². The number of piperidine rings is 1. The predicted octanol–water partition coefficient (Wildman–Crippen LogP) is 2.15. The van der Waals surface area contributed by atoms with Crippen LogP contribution >= 0.6 is 0 Å². The molecule has 1 aliphatic heterocycles. The van der Waals surface area contributed by atoms with E-state index in [1.54, 1.807) is 11.8 Å². The average molecular weight is 258 g/mol. The topological polar surface area (TPSA) is 56.3 Å². The summed E-state index contributed by atoms with van der Waals surface area (Å²) in [6.45, 7) is 2.91. The summed E-state index contributed by atoms with van der Waals surface area (Å²) in [5.41, 5.74) is 0.787. The summed E-state index contributed by atoms with van der Waals surface area (Å²) in [6.07, 6.45) is 3.44. The lowest BCUT2D eigenvalue weighted by Gasteiger charge is -2.36. The van der Waals surface area contributed by atoms with E-state index >= 15 is 0 Å². The maximum absolute atomic E-state index is 12.6. The molecule has 4 heteroatoms. The van der Waals surface area contributed by atoms with Gasteiger partial charge in [-0.15, -0.1) is 0 Å². The van der Waals surface area contributed by atoms with Crippen LogP contribution in [0.3, 0.4) is 0 Å². The first kappa shape index (κ1) is 12.2. The number of aliphatic hydroxyl groups is 1. The third-order valence-electron chi connectivity index (χ3n) is 3.78. The number of aromatic nitrogens is 1. The van der Waals surface area contributed by atoms with Gasteiger partial charge in [-0.2, -0.15) is 0 Å². The Labute approximate surface area is 112 Å². The fourth-order valence-electron chi connectivity index (χ4n) is 2.83. The Bertz CT molecular complexity index is 615. The molecule has 4 nitrogen and oxygen atoms in total. The highest BCUT2D eigenvalue weighted by molar-refractivity contribution is 6.05. The zero-order valence-corrected chi connectivity index (χ0v) is 11.0. The quantitative estimate of drug-likeness (QED) is 0.823. The lowest BCUT2D eigenvalue weighted by atomic mass is 9.94. The molecule has 1 fully saturated rings. The minimum absolute atomic E-state index is 0.00646. The number of nitrogens with one attached hydrogen (secondary N) is 1. The molecule has 1 saturated heterocycles. The van der Waals surface area contributed by atoms with E-state index in [1.165, 1.54) is 0 Å². The second-order valence-corrected chi connectivity index (χ2v) is 5.57. The summed E-state index contributed by atoms with van der Waals surface area (Å²) in [5.74, 6) is -0.00646. The lowest BCUT2D eigenvalue weighted by Crippen LogP contribution is -2.48. The predicted molar refractivity (Wildman–Crippen MR) is 74.1 cm³/mol. The first-order valence-corrected chi connectivity index (χ1v) is 6.65. The lowest BCUT2D eigenvalue weighted by molar-refractivity contribution is -0.0106. The standard InChI is InChI=1S/C15H18N2O2/c1-15(19)7-3-9-17(10-15)14(18)12-5-2-4-11-6-8-16-13(11)12/h2,4-6,8,16,19H,3,7,9-10H2,1H3. The van der Waals surface area contributed by atoms with Crippen LogP contribution in [-0.4, -0.2) is 39.6 Å². The summed E-state index contributed by atoms with van der Waals surface area (Å²) >= 11 is 0. The van der Waals surface area contributed by atoms with Gasteiger partial charge >= 0.3 is 0 Å². The first-order chi connectivity index (χ1) is 9.07. The van der Waals surface area contributed by atoms with Gasteiger partial charge in [-0.3, -0.25) is 4.79 Å². The summed E-state index contributed by atoms with van der Waals surface area (Å²) < 4.78 is 0. The van der Waals surface area contributed by atoms with Crippen molar-refractivity contribution in [3.8, 4) is 0 Å². The Balaban J connectivity index is 1.93. The highest BCUT2D eigenvalue weighted by atomic mass is 16.3. The van der Waals surface area contributed by atoms with Gasteiger partial charge in [-0.05, 0) is 31.9 Å². The number of para-hydroxylation sites is 1. The highest BCUT2D eigenvalue weighted by Crippen LogP contribution is 2.24. The second-order valence-electron chi connectivity index (χ2n) is 5.57. The number of carbonyl (C=O) groups excluding carboxylic acids is 1. The number of aromatic amines is 1. The maximum atomic E-state index is 12.6. The summed E-state index contributed by atoms with van der Waals surface area (Å²) in [5, 5.41) is 11.1. The molecule has 0 bridgehead atoms. The van der Waals surface area contributed by atoms with Gasteiger partial charge in [0, 0.05) is 24.7 Å². The zero-order chi connectivity index (χ0) is 13.5. The monoisotopic (exact) mass is 258 g/mol. The Morgan fingerprint density at radius 1 is 1.42 bits per heavy atom. The van der Waals surface area contributed by atoms with Crippen LogP contribution < -0.4 is 0 Å². The minimum Gasteiger partial charge on any atom is -0.388 e. The van der Waals surface area contributed by atoms with Gasteiger partial charge in [-0.25, -0.2) is 0 Å². The van der Waals surface area contributed by atoms with Crippen LogP contribution in [0.5, 0.6) is 0 Å². The molecule has 1 amide bonds. The third kappa shape index (κ3) is 2.24. The van der Waals surface area contributed by atoms with E-state index in [9.17, 15) is 9.90 Å². The van der Waals surface area contributed by atoms with Crippen molar-refractivity contribution in [2.75, 3.05) is 13.1 Å². The van der Waals surface area contributed by atoms with E-state index < -0.39 is 5.60 Å². The number of benzene rings is 1. The van der Waals surface area contributed by atoms with E-state index in [0.29, 0.717) is 18.7 Å². The molecule has 1 atom stereocenters. The molecule has 1 aromatic heterocycles. The molecule has 19 heavy (non-hydrogen) atoms. The van der Waals surface area contributed by atoms with Crippen molar-refractivity contribution in [2.24, 2.45) is 0 Å². The van der Waals surface area contributed by atoms with Gasteiger partial charge in [-0.1, -0.05) is 12.1 Å². The largest absolute Gasteiger partial charge is 0.388 e. The van der Waals surface area contributed by atoms with Crippen LogP contribution in [-0.2, 0) is 0 Å². The molecular formula is C15H18N2O2. The molecule has 2 N–H and O–H groups in total. The summed E-state index contributed by atoms with van der Waals surface area (Å²) in [6, 6.07) is 7.67. The van der Waals surface area contributed by atoms with Crippen LogP contribution in [0.2, 0.25) is 0 Å². The Kier molecular flexibility index (Phi) is 2.82. The number of fused-ring (bicyclic) bond motifs is 1.